The highest BCUT2D eigenvalue weighted by atomic mass is 32.2. The molecular weight excluding hydrogens is 278 g/mol. The molecule has 102 valence electrons. The topological polar surface area (TPSA) is 63.4 Å². The molecule has 0 spiro atoms. The van der Waals surface area contributed by atoms with Crippen LogP contribution in [0.5, 0.6) is 0 Å². The maximum absolute atomic E-state index is 13.9. The van der Waals surface area contributed by atoms with Crippen molar-refractivity contribution in [1.29, 1.82) is 0 Å². The summed E-state index contributed by atoms with van der Waals surface area (Å²) in [6.07, 6.45) is 0. The molecule has 2 rings (SSSR count). The molecule has 0 aliphatic carbocycles. The quantitative estimate of drug-likeness (QED) is 0.617. The number of carbonyl (C=O) groups excluding carboxylic acids is 1. The minimum absolute atomic E-state index is 0.380. The predicted octanol–water partition coefficient (Wildman–Crippen LogP) is 2.06. The van der Waals surface area contributed by atoms with Crippen molar-refractivity contribution in [2.24, 2.45) is 0 Å². The number of benzene rings is 1. The van der Waals surface area contributed by atoms with E-state index in [1.54, 1.807) is 11.8 Å². The van der Waals surface area contributed by atoms with Gasteiger partial charge in [0.1, 0.15) is 11.4 Å². The van der Waals surface area contributed by atoms with E-state index in [2.05, 4.69) is 0 Å². The molecule has 0 saturated carbocycles. The zero-order valence-electron chi connectivity index (χ0n) is 9.77. The number of thioether (sulfide) groups is 1. The first kappa shape index (κ1) is 13.7. The number of nitro groups is 1. The van der Waals surface area contributed by atoms with Crippen molar-refractivity contribution in [3.05, 3.63) is 39.4 Å². The summed E-state index contributed by atoms with van der Waals surface area (Å²) >= 11 is 1.64. The smallest absolute Gasteiger partial charge is 0.305 e. The van der Waals surface area contributed by atoms with Crippen molar-refractivity contribution in [2.75, 3.05) is 24.6 Å². The summed E-state index contributed by atoms with van der Waals surface area (Å²) in [7, 11) is 0. The lowest BCUT2D eigenvalue weighted by Crippen LogP contribution is -2.38. The number of halogens is 2. The van der Waals surface area contributed by atoms with E-state index < -0.39 is 33.7 Å². The molecular formula is C11H10F2N2O3S. The molecule has 0 atom stereocenters. The van der Waals surface area contributed by atoms with Crippen molar-refractivity contribution in [3.8, 4) is 0 Å². The molecule has 1 fully saturated rings. The Morgan fingerprint density at radius 2 is 1.95 bits per heavy atom. The fourth-order valence-electron chi connectivity index (χ4n) is 1.80. The zero-order chi connectivity index (χ0) is 14.0. The minimum atomic E-state index is -1.41. The van der Waals surface area contributed by atoms with Crippen LogP contribution in [0, 0.1) is 21.7 Å². The van der Waals surface area contributed by atoms with Crippen LogP contribution in [-0.4, -0.2) is 40.3 Å². The fourth-order valence-corrected chi connectivity index (χ4v) is 2.71. The summed E-state index contributed by atoms with van der Waals surface area (Å²) in [5.74, 6) is -1.95. The first-order chi connectivity index (χ1) is 9.02. The second-order valence-corrected chi connectivity index (χ2v) is 5.14. The van der Waals surface area contributed by atoms with Crippen molar-refractivity contribution >= 4 is 23.4 Å². The third-order valence-electron chi connectivity index (χ3n) is 2.78. The first-order valence-corrected chi connectivity index (χ1v) is 6.67. The maximum atomic E-state index is 13.9. The molecule has 1 saturated heterocycles. The average molecular weight is 288 g/mol. The summed E-state index contributed by atoms with van der Waals surface area (Å²) in [5, 5.41) is 10.6. The highest BCUT2D eigenvalue weighted by Crippen LogP contribution is 2.25. The van der Waals surface area contributed by atoms with Gasteiger partial charge in [0, 0.05) is 30.7 Å². The molecule has 1 heterocycles. The molecule has 0 N–H and O–H groups in total. The summed E-state index contributed by atoms with van der Waals surface area (Å²) < 4.78 is 27.4. The van der Waals surface area contributed by atoms with Crippen LogP contribution in [-0.2, 0) is 0 Å². The highest BCUT2D eigenvalue weighted by molar-refractivity contribution is 7.99. The van der Waals surface area contributed by atoms with Crippen LogP contribution in [0.25, 0.3) is 0 Å². The van der Waals surface area contributed by atoms with Crippen molar-refractivity contribution in [3.63, 3.8) is 0 Å². The van der Waals surface area contributed by atoms with E-state index in [-0.39, 0.29) is 0 Å². The lowest BCUT2D eigenvalue weighted by Gasteiger charge is -2.26. The maximum Gasteiger partial charge on any atom is 0.305 e. The van der Waals surface area contributed by atoms with Crippen LogP contribution in [0.3, 0.4) is 0 Å². The number of amides is 1. The summed E-state index contributed by atoms with van der Waals surface area (Å²) in [6, 6.07) is 1.46. The highest BCUT2D eigenvalue weighted by Gasteiger charge is 2.29. The summed E-state index contributed by atoms with van der Waals surface area (Å²) in [5.41, 5.74) is -1.74. The molecule has 1 aromatic carbocycles. The van der Waals surface area contributed by atoms with Crippen molar-refractivity contribution in [1.82, 2.24) is 4.90 Å². The molecule has 19 heavy (non-hydrogen) atoms. The van der Waals surface area contributed by atoms with E-state index in [0.717, 1.165) is 6.07 Å². The molecule has 0 aromatic heterocycles. The summed E-state index contributed by atoms with van der Waals surface area (Å²) in [4.78, 5) is 23.0. The fraction of sp³-hybridized carbons (Fsp3) is 0.364. The number of nitro benzene ring substituents is 1. The Morgan fingerprint density at radius 1 is 1.32 bits per heavy atom. The van der Waals surface area contributed by atoms with Gasteiger partial charge in [-0.2, -0.15) is 16.2 Å². The first-order valence-electron chi connectivity index (χ1n) is 5.51. The van der Waals surface area contributed by atoms with Gasteiger partial charge in [-0.1, -0.05) is 0 Å². The van der Waals surface area contributed by atoms with E-state index in [0.29, 0.717) is 30.7 Å². The molecule has 8 heteroatoms. The van der Waals surface area contributed by atoms with Crippen LogP contribution in [0.4, 0.5) is 14.5 Å². The molecule has 0 bridgehead atoms. The van der Waals surface area contributed by atoms with Gasteiger partial charge >= 0.3 is 5.69 Å². The Hall–Kier alpha value is -1.70. The van der Waals surface area contributed by atoms with Gasteiger partial charge in [0.2, 0.25) is 5.82 Å². The van der Waals surface area contributed by atoms with Gasteiger partial charge in [-0.15, -0.1) is 0 Å². The van der Waals surface area contributed by atoms with Crippen molar-refractivity contribution < 1.29 is 18.5 Å². The number of rotatable bonds is 2. The van der Waals surface area contributed by atoms with Crippen LogP contribution in [0.1, 0.15) is 10.4 Å². The number of hydrogen-bond donors (Lipinski definition) is 0. The van der Waals surface area contributed by atoms with E-state index in [1.807, 2.05) is 0 Å². The van der Waals surface area contributed by atoms with Crippen LogP contribution in [0.15, 0.2) is 12.1 Å². The summed E-state index contributed by atoms with van der Waals surface area (Å²) in [6.45, 7) is 0.760. The second kappa shape index (κ2) is 5.52. The lowest BCUT2D eigenvalue weighted by molar-refractivity contribution is -0.387. The third-order valence-corrected chi connectivity index (χ3v) is 3.72. The number of nitrogens with zero attached hydrogens (tertiary/aromatic N) is 2. The number of carbonyl (C=O) groups is 1. The van der Waals surface area contributed by atoms with E-state index >= 15 is 0 Å². The monoisotopic (exact) mass is 288 g/mol. The lowest BCUT2D eigenvalue weighted by atomic mass is 10.1. The Morgan fingerprint density at radius 3 is 2.53 bits per heavy atom. The largest absolute Gasteiger partial charge is 0.337 e. The zero-order valence-corrected chi connectivity index (χ0v) is 10.6. The van der Waals surface area contributed by atoms with Gasteiger partial charge in [0.15, 0.2) is 0 Å². The van der Waals surface area contributed by atoms with E-state index in [1.165, 1.54) is 4.90 Å². The Kier molecular flexibility index (Phi) is 3.98. The molecule has 0 radical (unpaired) electrons. The molecule has 1 aliphatic heterocycles. The van der Waals surface area contributed by atoms with E-state index in [4.69, 9.17) is 0 Å². The molecule has 1 aliphatic rings. The normalized spacial score (nSPS) is 15.4. The molecule has 1 amide bonds. The average Bonchev–Trinajstić information content (AvgIpc) is 2.39. The second-order valence-electron chi connectivity index (χ2n) is 3.92. The van der Waals surface area contributed by atoms with Gasteiger partial charge in [-0.05, 0) is 6.07 Å². The van der Waals surface area contributed by atoms with Crippen molar-refractivity contribution in [2.45, 2.75) is 0 Å². The van der Waals surface area contributed by atoms with Crippen LogP contribution in [0.2, 0.25) is 0 Å². The Labute approximate surface area is 111 Å². The molecule has 0 unspecified atom stereocenters. The van der Waals surface area contributed by atoms with E-state index in [9.17, 15) is 23.7 Å². The third kappa shape index (κ3) is 2.67. The van der Waals surface area contributed by atoms with Gasteiger partial charge in [0.25, 0.3) is 5.91 Å². The van der Waals surface area contributed by atoms with Crippen LogP contribution < -0.4 is 0 Å². The minimum Gasteiger partial charge on any atom is -0.337 e. The van der Waals surface area contributed by atoms with Gasteiger partial charge in [-0.25, -0.2) is 4.39 Å². The van der Waals surface area contributed by atoms with Gasteiger partial charge < -0.3 is 4.90 Å². The molecule has 1 aromatic rings. The number of hydrogen-bond acceptors (Lipinski definition) is 4. The predicted molar refractivity (Wildman–Crippen MR) is 66.2 cm³/mol. The standard InChI is InChI=1S/C11H10F2N2O3S/c12-7-1-2-8(15(17)18)10(13)9(7)11(16)14-3-5-19-6-4-14/h1-2H,3-6H2. The Bertz CT molecular complexity index is 533. The SMILES string of the molecule is O=C(c1c(F)ccc([N+](=O)[O-])c1F)N1CCSCC1. The van der Waals surface area contributed by atoms with Gasteiger partial charge in [0.05, 0.1) is 4.92 Å². The Balaban J connectivity index is 2.40. The van der Waals surface area contributed by atoms with Crippen LogP contribution >= 0.6 is 11.8 Å². The molecule has 5 nitrogen and oxygen atoms in total. The van der Waals surface area contributed by atoms with Gasteiger partial charge in [-0.3, -0.25) is 14.9 Å².